The highest BCUT2D eigenvalue weighted by molar-refractivity contribution is 5.77. The number of hydrogen-bond acceptors (Lipinski definition) is 4. The lowest BCUT2D eigenvalue weighted by Crippen LogP contribution is -2.39. The van der Waals surface area contributed by atoms with E-state index in [1.165, 1.54) is 0 Å². The molecule has 0 radical (unpaired) electrons. The third-order valence-corrected chi connectivity index (χ3v) is 2.89. The Balaban J connectivity index is 4.27. The van der Waals surface area contributed by atoms with Crippen LogP contribution in [-0.2, 0) is 19.1 Å². The molecule has 0 aliphatic carbocycles. The number of amides is 1. The van der Waals surface area contributed by atoms with Crippen LogP contribution in [0.5, 0.6) is 0 Å². The Morgan fingerprint density at radius 3 is 2.33 bits per heavy atom. The third-order valence-electron chi connectivity index (χ3n) is 2.89. The fraction of sp³-hybridized carbons (Fsp3) is 0.867. The fourth-order valence-electron chi connectivity index (χ4n) is 1.68. The maximum Gasteiger partial charge on any atom is 0.308 e. The van der Waals surface area contributed by atoms with Crippen LogP contribution >= 0.6 is 0 Å². The molecule has 0 saturated heterocycles. The molecular weight excluding hydrogens is 274 g/mol. The summed E-state index contributed by atoms with van der Waals surface area (Å²) >= 11 is 0. The highest BCUT2D eigenvalue weighted by atomic mass is 16.5. The minimum atomic E-state index is -0.903. The van der Waals surface area contributed by atoms with Gasteiger partial charge in [-0.05, 0) is 12.8 Å². The molecule has 1 unspecified atom stereocenters. The molecule has 0 bridgehead atoms. The number of carboxylic acid groups (broad SMARTS) is 1. The minimum Gasteiger partial charge on any atom is -0.481 e. The van der Waals surface area contributed by atoms with Crippen molar-refractivity contribution in [2.24, 2.45) is 11.8 Å². The fourth-order valence-corrected chi connectivity index (χ4v) is 1.68. The number of carboxylic acids is 1. The van der Waals surface area contributed by atoms with Crippen LogP contribution in [0.25, 0.3) is 0 Å². The first-order valence-electron chi connectivity index (χ1n) is 7.54. The van der Waals surface area contributed by atoms with Crippen LogP contribution in [0.4, 0.5) is 0 Å². The van der Waals surface area contributed by atoms with Gasteiger partial charge in [-0.1, -0.05) is 20.8 Å². The number of hydrogen-bond donors (Lipinski definition) is 1. The summed E-state index contributed by atoms with van der Waals surface area (Å²) in [6.07, 6.45) is 0.269. The van der Waals surface area contributed by atoms with Crippen molar-refractivity contribution in [3.63, 3.8) is 0 Å². The number of aliphatic carboxylic acids is 1. The van der Waals surface area contributed by atoms with Crippen molar-refractivity contribution in [2.45, 2.75) is 34.1 Å². The lowest BCUT2D eigenvalue weighted by atomic mass is 10.1. The van der Waals surface area contributed by atoms with E-state index >= 15 is 0 Å². The Kier molecular flexibility index (Phi) is 10.9. The van der Waals surface area contributed by atoms with Gasteiger partial charge in [0.2, 0.25) is 5.91 Å². The molecule has 6 nitrogen and oxygen atoms in total. The number of carbonyl (C=O) groups excluding carboxylic acids is 1. The van der Waals surface area contributed by atoms with E-state index in [4.69, 9.17) is 14.6 Å². The SMILES string of the molecule is CCOCCN(CC(C)C(=O)O)C(=O)CCOCC(C)C. The van der Waals surface area contributed by atoms with Crippen LogP contribution in [-0.4, -0.2) is 61.4 Å². The second kappa shape index (κ2) is 11.5. The summed E-state index contributed by atoms with van der Waals surface area (Å²) in [5, 5.41) is 8.97. The van der Waals surface area contributed by atoms with Crippen molar-refractivity contribution < 1.29 is 24.2 Å². The molecule has 1 atom stereocenters. The van der Waals surface area contributed by atoms with Crippen LogP contribution in [0.1, 0.15) is 34.1 Å². The lowest BCUT2D eigenvalue weighted by molar-refractivity contribution is -0.143. The van der Waals surface area contributed by atoms with E-state index in [0.717, 1.165) is 0 Å². The van der Waals surface area contributed by atoms with Gasteiger partial charge in [-0.2, -0.15) is 0 Å². The largest absolute Gasteiger partial charge is 0.481 e. The summed E-state index contributed by atoms with van der Waals surface area (Å²) in [4.78, 5) is 24.6. The Hall–Kier alpha value is -1.14. The van der Waals surface area contributed by atoms with Gasteiger partial charge in [0.15, 0.2) is 0 Å². The maximum atomic E-state index is 12.1. The summed E-state index contributed by atoms with van der Waals surface area (Å²) in [5.74, 6) is -1.15. The average Bonchev–Trinajstić information content (AvgIpc) is 2.41. The number of nitrogens with zero attached hydrogens (tertiary/aromatic N) is 1. The van der Waals surface area contributed by atoms with Crippen molar-refractivity contribution >= 4 is 11.9 Å². The van der Waals surface area contributed by atoms with Crippen molar-refractivity contribution in [1.82, 2.24) is 4.90 Å². The van der Waals surface area contributed by atoms with Crippen LogP contribution in [0.3, 0.4) is 0 Å². The first-order valence-corrected chi connectivity index (χ1v) is 7.54. The van der Waals surface area contributed by atoms with Crippen molar-refractivity contribution in [3.8, 4) is 0 Å². The topological polar surface area (TPSA) is 76.1 Å². The Labute approximate surface area is 127 Å². The molecule has 0 aliphatic heterocycles. The van der Waals surface area contributed by atoms with Gasteiger partial charge in [0.05, 0.1) is 25.6 Å². The van der Waals surface area contributed by atoms with Gasteiger partial charge < -0.3 is 19.5 Å². The molecule has 6 heteroatoms. The first-order chi connectivity index (χ1) is 9.88. The van der Waals surface area contributed by atoms with E-state index in [1.807, 2.05) is 20.8 Å². The average molecular weight is 303 g/mol. The zero-order valence-corrected chi connectivity index (χ0v) is 13.6. The summed E-state index contributed by atoms with van der Waals surface area (Å²) in [6.45, 7) is 10.2. The molecule has 0 heterocycles. The van der Waals surface area contributed by atoms with E-state index in [2.05, 4.69) is 0 Å². The van der Waals surface area contributed by atoms with Gasteiger partial charge in [0.25, 0.3) is 0 Å². The standard InChI is InChI=1S/C15H29NO5/c1-5-20-9-7-16(10-13(4)15(18)19)14(17)6-8-21-11-12(2)3/h12-13H,5-11H2,1-4H3,(H,18,19). The van der Waals surface area contributed by atoms with Crippen LogP contribution in [0, 0.1) is 11.8 Å². The second-order valence-corrected chi connectivity index (χ2v) is 5.49. The molecule has 1 amide bonds. The molecule has 0 aromatic heterocycles. The Bertz CT molecular complexity index is 306. The summed E-state index contributed by atoms with van der Waals surface area (Å²) in [6, 6.07) is 0. The molecule has 0 saturated carbocycles. The molecule has 0 aliphatic rings. The van der Waals surface area contributed by atoms with Crippen molar-refractivity contribution in [3.05, 3.63) is 0 Å². The van der Waals surface area contributed by atoms with E-state index in [1.54, 1.807) is 11.8 Å². The number of carbonyl (C=O) groups is 2. The van der Waals surface area contributed by atoms with Gasteiger partial charge in [0.1, 0.15) is 0 Å². The van der Waals surface area contributed by atoms with E-state index in [0.29, 0.717) is 38.9 Å². The van der Waals surface area contributed by atoms with Crippen molar-refractivity contribution in [1.29, 1.82) is 0 Å². The Morgan fingerprint density at radius 2 is 1.81 bits per heavy atom. The zero-order chi connectivity index (χ0) is 16.3. The molecule has 0 aromatic rings. The van der Waals surface area contributed by atoms with Crippen molar-refractivity contribution in [2.75, 3.05) is 39.5 Å². The van der Waals surface area contributed by atoms with E-state index in [9.17, 15) is 9.59 Å². The van der Waals surface area contributed by atoms with Crippen LogP contribution in [0.2, 0.25) is 0 Å². The zero-order valence-electron chi connectivity index (χ0n) is 13.6. The van der Waals surface area contributed by atoms with Crippen LogP contribution in [0.15, 0.2) is 0 Å². The third kappa shape index (κ3) is 10.3. The highest BCUT2D eigenvalue weighted by Crippen LogP contribution is 2.04. The molecule has 21 heavy (non-hydrogen) atoms. The first kappa shape index (κ1) is 19.9. The Morgan fingerprint density at radius 1 is 1.14 bits per heavy atom. The molecule has 124 valence electrons. The van der Waals surface area contributed by atoms with Gasteiger partial charge in [-0.15, -0.1) is 0 Å². The molecule has 0 aromatic carbocycles. The normalized spacial score (nSPS) is 12.4. The van der Waals surface area contributed by atoms with Gasteiger partial charge >= 0.3 is 5.97 Å². The lowest BCUT2D eigenvalue weighted by Gasteiger charge is -2.24. The summed E-state index contributed by atoms with van der Waals surface area (Å²) in [5.41, 5.74) is 0. The van der Waals surface area contributed by atoms with Crippen LogP contribution < -0.4 is 0 Å². The molecule has 0 fully saturated rings. The predicted octanol–water partition coefficient (Wildman–Crippen LogP) is 1.63. The summed E-state index contributed by atoms with van der Waals surface area (Å²) < 4.78 is 10.6. The number of ether oxygens (including phenoxy) is 2. The smallest absolute Gasteiger partial charge is 0.308 e. The monoisotopic (exact) mass is 303 g/mol. The second-order valence-electron chi connectivity index (χ2n) is 5.49. The molecular formula is C15H29NO5. The van der Waals surface area contributed by atoms with E-state index in [-0.39, 0.29) is 18.9 Å². The van der Waals surface area contributed by atoms with Gasteiger partial charge in [0, 0.05) is 26.3 Å². The maximum absolute atomic E-state index is 12.1. The summed E-state index contributed by atoms with van der Waals surface area (Å²) in [7, 11) is 0. The molecule has 0 rings (SSSR count). The molecule has 0 spiro atoms. The minimum absolute atomic E-state index is 0.0911. The number of rotatable bonds is 12. The van der Waals surface area contributed by atoms with Gasteiger partial charge in [-0.25, -0.2) is 0 Å². The highest BCUT2D eigenvalue weighted by Gasteiger charge is 2.20. The van der Waals surface area contributed by atoms with E-state index < -0.39 is 11.9 Å². The predicted molar refractivity (Wildman–Crippen MR) is 80.1 cm³/mol. The quantitative estimate of drug-likeness (QED) is 0.555. The molecule has 1 N–H and O–H groups in total. The van der Waals surface area contributed by atoms with Gasteiger partial charge in [-0.3, -0.25) is 9.59 Å².